The first-order chi connectivity index (χ1) is 14.5. The summed E-state index contributed by atoms with van der Waals surface area (Å²) in [5.74, 6) is 0.399. The molecule has 1 saturated carbocycles. The van der Waals surface area contributed by atoms with Crippen molar-refractivity contribution in [2.24, 2.45) is 28.8 Å². The number of rotatable bonds is 4. The van der Waals surface area contributed by atoms with Crippen LogP contribution in [0.2, 0.25) is 0 Å². The second-order valence-electron chi connectivity index (χ2n) is 8.43. The Kier molecular flexibility index (Phi) is 4.38. The third-order valence-corrected chi connectivity index (χ3v) is 6.85. The SMILES string of the molecule is COc1ccc(-n2c(C)cc(/C=N\N3C(=O)[C@@H]4[C@@H](C3=O)[C@H]3C=C[C@H]4CC3)c2C)cc1. The average Bonchev–Trinajstić information content (AvgIpc) is 3.21. The van der Waals surface area contributed by atoms with Crippen molar-refractivity contribution in [1.82, 2.24) is 9.58 Å². The Balaban J connectivity index is 1.42. The molecule has 3 aliphatic carbocycles. The normalized spacial score (nSPS) is 27.4. The van der Waals surface area contributed by atoms with Crippen molar-refractivity contribution in [2.45, 2.75) is 26.7 Å². The Morgan fingerprint density at radius 3 is 2.13 bits per heavy atom. The molecule has 4 atom stereocenters. The van der Waals surface area contributed by atoms with Gasteiger partial charge in [0.1, 0.15) is 5.75 Å². The predicted molar refractivity (Wildman–Crippen MR) is 114 cm³/mol. The molecular weight excluding hydrogens is 378 g/mol. The lowest BCUT2D eigenvalue weighted by atomic mass is 9.63. The molecule has 6 rings (SSSR count). The first kappa shape index (κ1) is 18.9. The van der Waals surface area contributed by atoms with E-state index in [2.05, 4.69) is 21.8 Å². The second kappa shape index (κ2) is 6.97. The lowest BCUT2D eigenvalue weighted by molar-refractivity contribution is -0.140. The minimum Gasteiger partial charge on any atom is -0.497 e. The van der Waals surface area contributed by atoms with Crippen LogP contribution in [0.25, 0.3) is 5.69 Å². The van der Waals surface area contributed by atoms with Crippen molar-refractivity contribution in [1.29, 1.82) is 0 Å². The summed E-state index contributed by atoms with van der Waals surface area (Å²) >= 11 is 0. The average molecular weight is 403 g/mol. The number of allylic oxidation sites excluding steroid dienone is 2. The summed E-state index contributed by atoms with van der Waals surface area (Å²) in [4.78, 5) is 25.9. The van der Waals surface area contributed by atoms with E-state index < -0.39 is 0 Å². The van der Waals surface area contributed by atoms with Crippen molar-refractivity contribution in [3.05, 3.63) is 59.4 Å². The molecule has 0 N–H and O–H groups in total. The van der Waals surface area contributed by atoms with Gasteiger partial charge in [-0.2, -0.15) is 10.1 Å². The molecule has 30 heavy (non-hydrogen) atoms. The number of ether oxygens (including phenoxy) is 1. The third-order valence-electron chi connectivity index (χ3n) is 6.85. The van der Waals surface area contributed by atoms with E-state index in [9.17, 15) is 9.59 Å². The number of hydrogen-bond donors (Lipinski definition) is 0. The molecule has 4 aliphatic rings. The molecule has 2 heterocycles. The van der Waals surface area contributed by atoms with Gasteiger partial charge in [-0.3, -0.25) is 9.59 Å². The van der Waals surface area contributed by atoms with Gasteiger partial charge in [0.05, 0.1) is 25.2 Å². The minimum atomic E-state index is -0.231. The van der Waals surface area contributed by atoms with E-state index in [0.29, 0.717) is 0 Å². The summed E-state index contributed by atoms with van der Waals surface area (Å²) in [7, 11) is 1.65. The van der Waals surface area contributed by atoms with Gasteiger partial charge >= 0.3 is 0 Å². The van der Waals surface area contributed by atoms with E-state index in [4.69, 9.17) is 4.74 Å². The number of carbonyl (C=O) groups is 2. The maximum absolute atomic E-state index is 12.9. The summed E-state index contributed by atoms with van der Waals surface area (Å²) in [6.07, 6.45) is 7.86. The fourth-order valence-electron chi connectivity index (χ4n) is 5.34. The molecule has 1 aromatic carbocycles. The van der Waals surface area contributed by atoms with Gasteiger partial charge in [0, 0.05) is 22.6 Å². The van der Waals surface area contributed by atoms with Crippen LogP contribution < -0.4 is 4.74 Å². The lowest BCUT2D eigenvalue weighted by Gasteiger charge is -2.37. The van der Waals surface area contributed by atoms with Crippen LogP contribution in [0.1, 0.15) is 29.8 Å². The Morgan fingerprint density at radius 1 is 1.00 bits per heavy atom. The van der Waals surface area contributed by atoms with Gasteiger partial charge in [-0.1, -0.05) is 12.2 Å². The Bertz CT molecular complexity index is 1050. The first-order valence-electron chi connectivity index (χ1n) is 10.4. The highest BCUT2D eigenvalue weighted by Gasteiger charge is 2.56. The standard InChI is InChI=1S/C24H25N3O3/c1-14-12-18(15(2)26(14)19-8-10-20(30-3)11-9-19)13-25-27-23(28)21-16-4-5-17(7-6-16)22(21)24(27)29/h4-5,8-13,16-17,21-22H,6-7H2,1-3H3/b25-13-/t16-,17-,21-,22-/m0/s1. The number of fused-ring (bicyclic) bond motifs is 1. The number of nitrogens with zero attached hydrogens (tertiary/aromatic N) is 3. The van der Waals surface area contributed by atoms with Crippen molar-refractivity contribution in [3.63, 3.8) is 0 Å². The maximum atomic E-state index is 12.9. The summed E-state index contributed by atoms with van der Waals surface area (Å²) < 4.78 is 7.37. The van der Waals surface area contributed by atoms with Crippen molar-refractivity contribution < 1.29 is 14.3 Å². The van der Waals surface area contributed by atoms with Gasteiger partial charge in [0.15, 0.2) is 0 Å². The molecule has 6 nitrogen and oxygen atoms in total. The van der Waals surface area contributed by atoms with Gasteiger partial charge in [0.2, 0.25) is 0 Å². The molecule has 2 amide bonds. The van der Waals surface area contributed by atoms with Crippen molar-refractivity contribution >= 4 is 18.0 Å². The van der Waals surface area contributed by atoms with E-state index in [1.165, 1.54) is 0 Å². The van der Waals surface area contributed by atoms with Crippen LogP contribution in [-0.4, -0.2) is 34.7 Å². The molecule has 0 unspecified atom stereocenters. The molecule has 154 valence electrons. The molecular formula is C24H25N3O3. The van der Waals surface area contributed by atoms with Crippen LogP contribution in [0.4, 0.5) is 0 Å². The van der Waals surface area contributed by atoms with Gasteiger partial charge in [0.25, 0.3) is 11.8 Å². The zero-order valence-corrected chi connectivity index (χ0v) is 17.4. The topological polar surface area (TPSA) is 63.9 Å². The van der Waals surface area contributed by atoms with Gasteiger partial charge < -0.3 is 9.30 Å². The largest absolute Gasteiger partial charge is 0.497 e. The Labute approximate surface area is 175 Å². The number of imide groups is 1. The number of hydrazone groups is 1. The van der Waals surface area contributed by atoms with Crippen LogP contribution in [0.5, 0.6) is 5.75 Å². The summed E-state index contributed by atoms with van der Waals surface area (Å²) in [6.45, 7) is 4.04. The quantitative estimate of drug-likeness (QED) is 0.445. The van der Waals surface area contributed by atoms with E-state index in [1.54, 1.807) is 13.3 Å². The number of benzene rings is 1. The third kappa shape index (κ3) is 2.74. The van der Waals surface area contributed by atoms with Gasteiger partial charge in [-0.25, -0.2) is 0 Å². The number of aromatic nitrogens is 1. The van der Waals surface area contributed by atoms with E-state index in [1.807, 2.05) is 44.2 Å². The van der Waals surface area contributed by atoms with E-state index in [0.717, 1.165) is 46.2 Å². The highest BCUT2D eigenvalue weighted by Crippen LogP contribution is 2.49. The molecule has 1 aliphatic heterocycles. The van der Waals surface area contributed by atoms with Crippen LogP contribution in [0.15, 0.2) is 47.6 Å². The zero-order valence-electron chi connectivity index (χ0n) is 17.4. The number of carbonyl (C=O) groups excluding carboxylic acids is 2. The molecule has 1 aromatic heterocycles. The Hall–Kier alpha value is -3.15. The molecule has 2 bridgehead atoms. The monoisotopic (exact) mass is 403 g/mol. The minimum absolute atomic E-state index is 0.149. The number of hydrogen-bond acceptors (Lipinski definition) is 4. The molecule has 0 radical (unpaired) electrons. The zero-order chi connectivity index (χ0) is 21.0. The fraction of sp³-hybridized carbons (Fsp3) is 0.375. The van der Waals surface area contributed by atoms with Crippen LogP contribution in [0.3, 0.4) is 0 Å². The number of aryl methyl sites for hydroxylation is 1. The fourth-order valence-corrected chi connectivity index (χ4v) is 5.34. The lowest BCUT2D eigenvalue weighted by Crippen LogP contribution is -2.38. The molecule has 1 saturated heterocycles. The molecule has 6 heteroatoms. The molecule has 0 spiro atoms. The smallest absolute Gasteiger partial charge is 0.254 e. The van der Waals surface area contributed by atoms with E-state index >= 15 is 0 Å². The number of amides is 2. The maximum Gasteiger partial charge on any atom is 0.254 e. The van der Waals surface area contributed by atoms with E-state index in [-0.39, 0.29) is 35.5 Å². The van der Waals surface area contributed by atoms with Crippen molar-refractivity contribution in [3.8, 4) is 11.4 Å². The molecule has 2 fully saturated rings. The van der Waals surface area contributed by atoms with Gasteiger partial charge in [-0.15, -0.1) is 0 Å². The molecule has 2 aromatic rings. The van der Waals surface area contributed by atoms with Crippen LogP contribution in [-0.2, 0) is 9.59 Å². The van der Waals surface area contributed by atoms with Crippen molar-refractivity contribution in [2.75, 3.05) is 7.11 Å². The second-order valence-corrected chi connectivity index (χ2v) is 8.43. The summed E-state index contributed by atoms with van der Waals surface area (Å²) in [5, 5.41) is 5.48. The van der Waals surface area contributed by atoms with Crippen LogP contribution in [0, 0.1) is 37.5 Å². The first-order valence-corrected chi connectivity index (χ1v) is 10.4. The highest BCUT2D eigenvalue weighted by molar-refractivity contribution is 6.06. The summed E-state index contributed by atoms with van der Waals surface area (Å²) in [6, 6.07) is 9.87. The number of methoxy groups -OCH3 is 1. The summed E-state index contributed by atoms with van der Waals surface area (Å²) in [5.41, 5.74) is 3.96. The van der Waals surface area contributed by atoms with Crippen LogP contribution >= 0.6 is 0 Å². The van der Waals surface area contributed by atoms with Gasteiger partial charge in [-0.05, 0) is 68.9 Å². The highest BCUT2D eigenvalue weighted by atomic mass is 16.5. The Morgan fingerprint density at radius 2 is 1.60 bits per heavy atom. The predicted octanol–water partition coefficient (Wildman–Crippen LogP) is 3.63.